The molecule has 2 aromatic rings. The number of nitrogens with zero attached hydrogens (tertiary/aromatic N) is 3. The van der Waals surface area contributed by atoms with Crippen LogP contribution >= 0.6 is 0 Å². The van der Waals surface area contributed by atoms with E-state index < -0.39 is 17.9 Å². The molecule has 42 heavy (non-hydrogen) atoms. The van der Waals surface area contributed by atoms with Crippen molar-refractivity contribution in [3.63, 3.8) is 0 Å². The molecule has 218 valence electrons. The average molecular weight is 573 g/mol. The quantitative estimate of drug-likeness (QED) is 0.387. The Morgan fingerprint density at radius 2 is 1.67 bits per heavy atom. The minimum atomic E-state index is -0.985. The van der Waals surface area contributed by atoms with Crippen molar-refractivity contribution in [2.24, 2.45) is 11.7 Å². The van der Waals surface area contributed by atoms with Gasteiger partial charge in [0, 0.05) is 24.3 Å². The Bertz CT molecular complexity index is 1470. The molecular formula is C31H32N4O7. The van der Waals surface area contributed by atoms with Gasteiger partial charge in [-0.15, -0.1) is 0 Å². The summed E-state index contributed by atoms with van der Waals surface area (Å²) in [7, 11) is 2.35. The van der Waals surface area contributed by atoms with Crippen molar-refractivity contribution in [3.05, 3.63) is 88.4 Å². The second kappa shape index (κ2) is 13.0. The van der Waals surface area contributed by atoms with Crippen LogP contribution in [-0.4, -0.2) is 62.6 Å². The lowest BCUT2D eigenvalue weighted by molar-refractivity contribution is -0.149. The van der Waals surface area contributed by atoms with E-state index in [2.05, 4.69) is 6.07 Å². The zero-order valence-electron chi connectivity index (χ0n) is 23.7. The molecule has 2 aliphatic heterocycles. The predicted molar refractivity (Wildman–Crippen MR) is 151 cm³/mol. The van der Waals surface area contributed by atoms with Gasteiger partial charge in [-0.3, -0.25) is 14.5 Å². The molecule has 4 rings (SSSR count). The third-order valence-corrected chi connectivity index (χ3v) is 7.31. The SMILES string of the molecule is CCOC(=O)C1CCCN(C(=O)c2ccc(N3C(N)=C(C#N)C(c4ccccc4)C(C(=O)OC)=C3C(=O)OC)cc2)C1. The van der Waals surface area contributed by atoms with E-state index >= 15 is 0 Å². The highest BCUT2D eigenvalue weighted by atomic mass is 16.5. The number of nitrogens with two attached hydrogens (primary N) is 1. The largest absolute Gasteiger partial charge is 0.466 e. The number of esters is 3. The summed E-state index contributed by atoms with van der Waals surface area (Å²) in [6.45, 7) is 2.78. The molecule has 2 N–H and O–H groups in total. The summed E-state index contributed by atoms with van der Waals surface area (Å²) in [6.07, 6.45) is 1.32. The fourth-order valence-corrected chi connectivity index (χ4v) is 5.33. The number of carbonyl (C=O) groups excluding carboxylic acids is 4. The first-order valence-electron chi connectivity index (χ1n) is 13.5. The van der Waals surface area contributed by atoms with E-state index in [0.29, 0.717) is 36.2 Å². The maximum Gasteiger partial charge on any atom is 0.355 e. The van der Waals surface area contributed by atoms with Gasteiger partial charge in [-0.25, -0.2) is 9.59 Å². The Kier molecular flexibility index (Phi) is 9.27. The highest BCUT2D eigenvalue weighted by Crippen LogP contribution is 2.43. The number of hydrogen-bond acceptors (Lipinski definition) is 10. The van der Waals surface area contributed by atoms with Crippen LogP contribution in [0.1, 0.15) is 41.6 Å². The zero-order chi connectivity index (χ0) is 30.4. The fourth-order valence-electron chi connectivity index (χ4n) is 5.33. The van der Waals surface area contributed by atoms with Gasteiger partial charge in [-0.1, -0.05) is 30.3 Å². The van der Waals surface area contributed by atoms with Gasteiger partial charge < -0.3 is 24.8 Å². The summed E-state index contributed by atoms with van der Waals surface area (Å²) >= 11 is 0. The molecule has 2 atom stereocenters. The number of amides is 1. The van der Waals surface area contributed by atoms with Crippen molar-refractivity contribution in [2.75, 3.05) is 38.8 Å². The van der Waals surface area contributed by atoms with E-state index in [0.717, 1.165) is 0 Å². The van der Waals surface area contributed by atoms with Gasteiger partial charge in [0.2, 0.25) is 0 Å². The van der Waals surface area contributed by atoms with Gasteiger partial charge in [0.15, 0.2) is 0 Å². The van der Waals surface area contributed by atoms with E-state index in [1.165, 1.54) is 19.1 Å². The van der Waals surface area contributed by atoms with Crippen molar-refractivity contribution in [2.45, 2.75) is 25.7 Å². The molecule has 11 nitrogen and oxygen atoms in total. The van der Waals surface area contributed by atoms with Gasteiger partial charge >= 0.3 is 17.9 Å². The maximum absolute atomic E-state index is 13.3. The minimum absolute atomic E-state index is 0.0349. The summed E-state index contributed by atoms with van der Waals surface area (Å²) in [4.78, 5) is 54.9. The topological polar surface area (TPSA) is 152 Å². The number of nitriles is 1. The molecule has 0 spiro atoms. The molecule has 2 unspecified atom stereocenters. The van der Waals surface area contributed by atoms with Gasteiger partial charge in [0.05, 0.1) is 49.9 Å². The lowest BCUT2D eigenvalue weighted by atomic mass is 9.81. The molecule has 2 aromatic carbocycles. The van der Waals surface area contributed by atoms with Crippen LogP contribution in [0, 0.1) is 17.2 Å². The number of benzene rings is 2. The van der Waals surface area contributed by atoms with Crippen molar-refractivity contribution < 1.29 is 33.4 Å². The van der Waals surface area contributed by atoms with Gasteiger partial charge in [0.1, 0.15) is 11.5 Å². The third-order valence-electron chi connectivity index (χ3n) is 7.31. The number of methoxy groups -OCH3 is 2. The summed E-state index contributed by atoms with van der Waals surface area (Å²) in [5, 5.41) is 10.2. The van der Waals surface area contributed by atoms with E-state index in [9.17, 15) is 24.4 Å². The third kappa shape index (κ3) is 5.69. The van der Waals surface area contributed by atoms with E-state index in [-0.39, 0.29) is 53.6 Å². The van der Waals surface area contributed by atoms with Gasteiger partial charge in [-0.2, -0.15) is 5.26 Å². The second-order valence-corrected chi connectivity index (χ2v) is 9.72. The molecule has 2 aliphatic rings. The summed E-state index contributed by atoms with van der Waals surface area (Å²) in [6, 6.07) is 17.0. The number of anilines is 1. The Morgan fingerprint density at radius 1 is 1.00 bits per heavy atom. The number of ether oxygens (including phenoxy) is 3. The Hall–Kier alpha value is -5.11. The first-order chi connectivity index (χ1) is 20.3. The van der Waals surface area contributed by atoms with Crippen molar-refractivity contribution >= 4 is 29.5 Å². The molecule has 1 saturated heterocycles. The number of likely N-dealkylation sites (tertiary alicyclic amines) is 1. The van der Waals surface area contributed by atoms with Crippen LogP contribution in [0.5, 0.6) is 0 Å². The van der Waals surface area contributed by atoms with Crippen LogP contribution in [0.3, 0.4) is 0 Å². The Labute approximate surface area is 243 Å². The molecule has 0 aromatic heterocycles. The van der Waals surface area contributed by atoms with E-state index in [1.807, 2.05) is 0 Å². The number of carbonyl (C=O) groups is 4. The standard InChI is InChI=1S/C31H32N4O7/c1-4-42-29(37)21-11-8-16-34(18-21)28(36)20-12-14-22(15-13-20)35-26(31(39)41-3)25(30(38)40-2)24(23(17-32)27(35)33)19-9-6-5-7-10-19/h5-7,9-10,12-15,21,24H,4,8,11,16,18,33H2,1-3H3. The Morgan fingerprint density at radius 3 is 2.26 bits per heavy atom. The lowest BCUT2D eigenvalue weighted by Crippen LogP contribution is -2.43. The van der Waals surface area contributed by atoms with Crippen molar-refractivity contribution in [1.82, 2.24) is 4.90 Å². The molecule has 0 aliphatic carbocycles. The summed E-state index contributed by atoms with van der Waals surface area (Å²) < 4.78 is 15.2. The average Bonchev–Trinajstić information content (AvgIpc) is 3.03. The van der Waals surface area contributed by atoms with E-state index in [1.54, 1.807) is 66.4 Å². The number of piperidine rings is 1. The van der Waals surface area contributed by atoms with Crippen LogP contribution in [0.15, 0.2) is 77.3 Å². The normalized spacial score (nSPS) is 18.7. The van der Waals surface area contributed by atoms with Crippen LogP contribution in [0.25, 0.3) is 0 Å². The Balaban J connectivity index is 1.75. The maximum atomic E-state index is 13.3. The van der Waals surface area contributed by atoms with Crippen LogP contribution in [0.2, 0.25) is 0 Å². The molecular weight excluding hydrogens is 540 g/mol. The smallest absolute Gasteiger partial charge is 0.355 e. The number of allylic oxidation sites excluding steroid dienone is 1. The van der Waals surface area contributed by atoms with Crippen LogP contribution in [-0.2, 0) is 28.6 Å². The van der Waals surface area contributed by atoms with Crippen LogP contribution in [0.4, 0.5) is 5.69 Å². The predicted octanol–water partition coefficient (Wildman–Crippen LogP) is 3.00. The molecule has 1 amide bonds. The first kappa shape index (κ1) is 29.9. The number of hydrogen-bond donors (Lipinski definition) is 1. The highest BCUT2D eigenvalue weighted by molar-refractivity contribution is 6.06. The van der Waals surface area contributed by atoms with E-state index in [4.69, 9.17) is 19.9 Å². The fraction of sp³-hybridized carbons (Fsp3) is 0.323. The van der Waals surface area contributed by atoms with Gasteiger partial charge in [-0.05, 0) is 49.6 Å². The highest BCUT2D eigenvalue weighted by Gasteiger charge is 2.43. The monoisotopic (exact) mass is 572 g/mol. The zero-order valence-corrected chi connectivity index (χ0v) is 23.7. The second-order valence-electron chi connectivity index (χ2n) is 9.72. The molecule has 11 heteroatoms. The summed E-state index contributed by atoms with van der Waals surface area (Å²) in [5.74, 6) is -3.72. The minimum Gasteiger partial charge on any atom is -0.466 e. The van der Waals surface area contributed by atoms with Crippen LogP contribution < -0.4 is 10.6 Å². The van der Waals surface area contributed by atoms with Crippen molar-refractivity contribution in [1.29, 1.82) is 5.26 Å². The molecule has 2 heterocycles. The molecule has 0 bridgehead atoms. The molecule has 0 radical (unpaired) electrons. The van der Waals surface area contributed by atoms with Gasteiger partial charge in [0.25, 0.3) is 5.91 Å². The first-order valence-corrected chi connectivity index (χ1v) is 13.5. The lowest BCUT2D eigenvalue weighted by Gasteiger charge is -2.36. The molecule has 1 fully saturated rings. The molecule has 0 saturated carbocycles. The number of rotatable bonds is 7. The summed E-state index contributed by atoms with van der Waals surface area (Å²) in [5.41, 5.74) is 7.47. The van der Waals surface area contributed by atoms with Crippen molar-refractivity contribution in [3.8, 4) is 6.07 Å².